The van der Waals surface area contributed by atoms with Crippen LogP contribution >= 0.6 is 0 Å². The molecule has 22 heavy (non-hydrogen) atoms. The molecule has 0 saturated carbocycles. The molecule has 0 aliphatic carbocycles. The van der Waals surface area contributed by atoms with Gasteiger partial charge in [-0.2, -0.15) is 0 Å². The monoisotopic (exact) mass is 312 g/mol. The number of nitrogens with zero attached hydrogens (tertiary/aromatic N) is 1. The van der Waals surface area contributed by atoms with E-state index in [0.717, 1.165) is 12.7 Å². The Morgan fingerprint density at radius 1 is 1.23 bits per heavy atom. The number of aldehydes is 1. The van der Waals surface area contributed by atoms with Gasteiger partial charge in [0.15, 0.2) is 0 Å². The van der Waals surface area contributed by atoms with E-state index in [1.165, 1.54) is 0 Å². The maximum Gasteiger partial charge on any atom is 0.408 e. The van der Waals surface area contributed by atoms with Gasteiger partial charge in [0.2, 0.25) is 5.91 Å². The molecule has 126 valence electrons. The third-order valence-corrected chi connectivity index (χ3v) is 3.51. The van der Waals surface area contributed by atoms with E-state index < -0.39 is 29.2 Å². The van der Waals surface area contributed by atoms with Gasteiger partial charge in [-0.1, -0.05) is 20.8 Å². The molecule has 1 heterocycles. The molecule has 1 aliphatic heterocycles. The molecule has 1 rings (SSSR count). The smallest absolute Gasteiger partial charge is 0.408 e. The van der Waals surface area contributed by atoms with Crippen molar-refractivity contribution >= 4 is 18.3 Å². The van der Waals surface area contributed by atoms with Crippen LogP contribution in [0.5, 0.6) is 0 Å². The second kappa shape index (κ2) is 6.67. The van der Waals surface area contributed by atoms with Crippen molar-refractivity contribution < 1.29 is 19.1 Å². The highest BCUT2D eigenvalue weighted by Gasteiger charge is 2.40. The average Bonchev–Trinajstić information content (AvgIpc) is 2.79. The van der Waals surface area contributed by atoms with E-state index in [1.807, 2.05) is 20.8 Å². The number of alkyl carbamates (subject to hydrolysis) is 1. The standard InChI is InChI=1S/C16H28N2O4/c1-15(2,3)12(17-14(21)22-16(4,5)6)13(20)18-9-7-8-11(18)10-19/h10-12H,7-9H2,1-6H3,(H,17,21). The Hall–Kier alpha value is -1.59. The highest BCUT2D eigenvalue weighted by Crippen LogP contribution is 2.25. The van der Waals surface area contributed by atoms with Crippen molar-refractivity contribution in [1.29, 1.82) is 0 Å². The fourth-order valence-electron chi connectivity index (χ4n) is 2.45. The second-order valence-corrected chi connectivity index (χ2v) is 7.82. The lowest BCUT2D eigenvalue weighted by atomic mass is 9.85. The van der Waals surface area contributed by atoms with Crippen molar-refractivity contribution in [2.24, 2.45) is 5.41 Å². The quantitative estimate of drug-likeness (QED) is 0.810. The van der Waals surface area contributed by atoms with E-state index in [9.17, 15) is 14.4 Å². The van der Waals surface area contributed by atoms with Gasteiger partial charge >= 0.3 is 6.09 Å². The molecule has 2 unspecified atom stereocenters. The summed E-state index contributed by atoms with van der Waals surface area (Å²) < 4.78 is 5.24. The lowest BCUT2D eigenvalue weighted by Gasteiger charge is -2.35. The summed E-state index contributed by atoms with van der Waals surface area (Å²) in [7, 11) is 0. The van der Waals surface area contributed by atoms with Crippen molar-refractivity contribution in [3.8, 4) is 0 Å². The molecule has 6 heteroatoms. The van der Waals surface area contributed by atoms with E-state index >= 15 is 0 Å². The molecule has 0 aromatic rings. The van der Waals surface area contributed by atoms with Gasteiger partial charge in [-0.05, 0) is 39.0 Å². The van der Waals surface area contributed by atoms with Gasteiger partial charge in [-0.3, -0.25) is 4.79 Å². The summed E-state index contributed by atoms with van der Waals surface area (Å²) >= 11 is 0. The largest absolute Gasteiger partial charge is 0.444 e. The third kappa shape index (κ3) is 5.00. The molecular weight excluding hydrogens is 284 g/mol. The van der Waals surface area contributed by atoms with Gasteiger partial charge in [0.25, 0.3) is 0 Å². The van der Waals surface area contributed by atoms with Gasteiger partial charge < -0.3 is 19.7 Å². The van der Waals surface area contributed by atoms with E-state index in [0.29, 0.717) is 13.0 Å². The first-order valence-corrected chi connectivity index (χ1v) is 7.71. The number of hydrogen-bond acceptors (Lipinski definition) is 4. The summed E-state index contributed by atoms with van der Waals surface area (Å²) in [6, 6.07) is -1.12. The first-order chi connectivity index (χ1) is 9.95. The lowest BCUT2D eigenvalue weighted by molar-refractivity contribution is -0.139. The molecule has 0 spiro atoms. The van der Waals surface area contributed by atoms with Gasteiger partial charge in [0, 0.05) is 6.54 Å². The van der Waals surface area contributed by atoms with E-state index in [-0.39, 0.29) is 5.91 Å². The van der Waals surface area contributed by atoms with Crippen LogP contribution in [0.1, 0.15) is 54.4 Å². The van der Waals surface area contributed by atoms with Crippen LogP contribution in [0, 0.1) is 5.41 Å². The van der Waals surface area contributed by atoms with Crippen molar-refractivity contribution in [2.75, 3.05) is 6.54 Å². The summed E-state index contributed by atoms with van der Waals surface area (Å²) in [5.41, 5.74) is -1.11. The van der Waals surface area contributed by atoms with Crippen LogP contribution < -0.4 is 5.32 Å². The van der Waals surface area contributed by atoms with E-state index in [4.69, 9.17) is 4.74 Å². The van der Waals surface area contributed by atoms with Gasteiger partial charge in [0.1, 0.15) is 17.9 Å². The molecule has 1 saturated heterocycles. The van der Waals surface area contributed by atoms with Gasteiger partial charge in [-0.25, -0.2) is 4.79 Å². The number of carbonyl (C=O) groups excluding carboxylic acids is 3. The number of likely N-dealkylation sites (tertiary alicyclic amines) is 1. The van der Waals surface area contributed by atoms with Gasteiger partial charge in [0.05, 0.1) is 6.04 Å². The van der Waals surface area contributed by atoms with E-state index in [2.05, 4.69) is 5.32 Å². The Morgan fingerprint density at radius 3 is 2.27 bits per heavy atom. The van der Waals surface area contributed by atoms with Crippen LogP contribution in [0.3, 0.4) is 0 Å². The number of ether oxygens (including phenoxy) is 1. The van der Waals surface area contributed by atoms with Gasteiger partial charge in [-0.15, -0.1) is 0 Å². The Balaban J connectivity index is 2.87. The molecule has 2 atom stereocenters. The van der Waals surface area contributed by atoms with Crippen LogP contribution in [0.2, 0.25) is 0 Å². The number of nitrogens with one attached hydrogen (secondary N) is 1. The van der Waals surface area contributed by atoms with Crippen molar-refractivity contribution in [1.82, 2.24) is 10.2 Å². The molecule has 0 radical (unpaired) electrons. The predicted octanol–water partition coefficient (Wildman–Crippen LogP) is 2.12. The van der Waals surface area contributed by atoms with Crippen molar-refractivity contribution in [2.45, 2.75) is 72.1 Å². The maximum absolute atomic E-state index is 12.8. The zero-order valence-electron chi connectivity index (χ0n) is 14.4. The average molecular weight is 312 g/mol. The first-order valence-electron chi connectivity index (χ1n) is 7.71. The molecule has 0 aromatic carbocycles. The minimum Gasteiger partial charge on any atom is -0.444 e. The van der Waals surface area contributed by atoms with Crippen LogP contribution in [0.15, 0.2) is 0 Å². The summed E-state index contributed by atoms with van der Waals surface area (Å²) in [4.78, 5) is 37.4. The molecule has 0 aromatic heterocycles. The van der Waals surface area contributed by atoms with E-state index in [1.54, 1.807) is 25.7 Å². The molecule has 0 bridgehead atoms. The molecule has 6 nitrogen and oxygen atoms in total. The van der Waals surface area contributed by atoms with Crippen molar-refractivity contribution in [3.63, 3.8) is 0 Å². The Labute approximate surface area is 132 Å². The highest BCUT2D eigenvalue weighted by atomic mass is 16.6. The SMILES string of the molecule is CC(C)(C)OC(=O)NC(C(=O)N1CCCC1C=O)C(C)(C)C. The fourth-order valence-corrected chi connectivity index (χ4v) is 2.45. The van der Waals surface area contributed by atoms with Crippen LogP contribution in [-0.4, -0.2) is 47.4 Å². The molecule has 1 N–H and O–H groups in total. The Bertz CT molecular complexity index is 434. The Morgan fingerprint density at radius 2 is 1.82 bits per heavy atom. The summed E-state index contributed by atoms with van der Waals surface area (Å²) in [5.74, 6) is -0.229. The predicted molar refractivity (Wildman–Crippen MR) is 83.4 cm³/mol. The number of hydrogen-bond donors (Lipinski definition) is 1. The normalized spacial score (nSPS) is 20.5. The number of carbonyl (C=O) groups is 3. The van der Waals surface area contributed by atoms with Crippen molar-refractivity contribution in [3.05, 3.63) is 0 Å². The minimum atomic E-state index is -0.733. The lowest BCUT2D eigenvalue weighted by Crippen LogP contribution is -2.56. The molecular formula is C16H28N2O4. The third-order valence-electron chi connectivity index (χ3n) is 3.51. The maximum atomic E-state index is 12.8. The fraction of sp³-hybridized carbons (Fsp3) is 0.812. The van der Waals surface area contributed by atoms with Crippen LogP contribution in [0.4, 0.5) is 4.79 Å². The zero-order valence-corrected chi connectivity index (χ0v) is 14.4. The number of amides is 2. The molecule has 2 amide bonds. The molecule has 1 fully saturated rings. The Kier molecular flexibility index (Phi) is 5.59. The van der Waals surface area contributed by atoms with Crippen LogP contribution in [-0.2, 0) is 14.3 Å². The first kappa shape index (κ1) is 18.5. The molecule has 1 aliphatic rings. The summed E-state index contributed by atoms with van der Waals surface area (Å²) in [6.07, 6.45) is 1.66. The minimum absolute atomic E-state index is 0.229. The number of rotatable bonds is 3. The topological polar surface area (TPSA) is 75.7 Å². The summed E-state index contributed by atoms with van der Waals surface area (Å²) in [5, 5.41) is 2.67. The highest BCUT2D eigenvalue weighted by molar-refractivity contribution is 5.88. The van der Waals surface area contributed by atoms with Crippen LogP contribution in [0.25, 0.3) is 0 Å². The zero-order chi connectivity index (χ0) is 17.1. The second-order valence-electron chi connectivity index (χ2n) is 7.82. The summed E-state index contributed by atoms with van der Waals surface area (Å²) in [6.45, 7) is 11.5.